The van der Waals surface area contributed by atoms with Crippen LogP contribution in [0.15, 0.2) is 42.5 Å². The summed E-state index contributed by atoms with van der Waals surface area (Å²) in [4.78, 5) is 23.5. The van der Waals surface area contributed by atoms with E-state index in [2.05, 4.69) is 5.32 Å². The van der Waals surface area contributed by atoms with Crippen molar-refractivity contribution in [3.63, 3.8) is 0 Å². The van der Waals surface area contributed by atoms with E-state index in [-0.39, 0.29) is 29.4 Å². The van der Waals surface area contributed by atoms with E-state index in [1.807, 2.05) is 0 Å². The van der Waals surface area contributed by atoms with E-state index >= 15 is 0 Å². The number of primary amides is 1. The minimum absolute atomic E-state index is 0.0305. The fourth-order valence-electron chi connectivity index (χ4n) is 2.19. The quantitative estimate of drug-likeness (QED) is 0.331. The SMILES string of the molecule is NC(=O)[C@H](Cc1ccc(O)c(O)c1)NC(=O)/C=C/c1ccc(O)c(O)c1. The molecule has 0 radical (unpaired) electrons. The lowest BCUT2D eigenvalue weighted by atomic mass is 10.0. The molecule has 2 amide bonds. The monoisotopic (exact) mass is 358 g/mol. The Morgan fingerprint density at radius 2 is 1.58 bits per heavy atom. The Morgan fingerprint density at radius 3 is 2.15 bits per heavy atom. The molecule has 0 aliphatic rings. The highest BCUT2D eigenvalue weighted by Crippen LogP contribution is 2.26. The van der Waals surface area contributed by atoms with E-state index in [1.54, 1.807) is 0 Å². The van der Waals surface area contributed by atoms with Crippen LogP contribution in [0.3, 0.4) is 0 Å². The van der Waals surface area contributed by atoms with Gasteiger partial charge in [0.25, 0.3) is 0 Å². The van der Waals surface area contributed by atoms with Gasteiger partial charge in [0.05, 0.1) is 0 Å². The van der Waals surface area contributed by atoms with Gasteiger partial charge in [0.15, 0.2) is 23.0 Å². The van der Waals surface area contributed by atoms with Gasteiger partial charge in [-0.3, -0.25) is 9.59 Å². The standard InChI is InChI=1S/C18H18N2O6/c19-18(26)12(7-11-2-5-14(22)16(24)9-11)20-17(25)6-3-10-1-4-13(21)15(23)8-10/h1-6,8-9,12,21-24H,7H2,(H2,19,26)(H,20,25)/b6-3+/t12-/m0/s1. The summed E-state index contributed by atoms with van der Waals surface area (Å²) >= 11 is 0. The van der Waals surface area contributed by atoms with Gasteiger partial charge in [-0.1, -0.05) is 12.1 Å². The first-order valence-electron chi connectivity index (χ1n) is 7.57. The molecule has 0 bridgehead atoms. The molecule has 2 aromatic rings. The van der Waals surface area contributed by atoms with Gasteiger partial charge >= 0.3 is 0 Å². The molecule has 0 aromatic heterocycles. The van der Waals surface area contributed by atoms with Crippen LogP contribution in [-0.2, 0) is 16.0 Å². The molecular formula is C18H18N2O6. The van der Waals surface area contributed by atoms with Gasteiger partial charge < -0.3 is 31.5 Å². The van der Waals surface area contributed by atoms with Crippen LogP contribution in [-0.4, -0.2) is 38.3 Å². The van der Waals surface area contributed by atoms with Crippen molar-refractivity contribution in [1.29, 1.82) is 0 Å². The van der Waals surface area contributed by atoms with Crippen LogP contribution in [0.5, 0.6) is 23.0 Å². The molecule has 0 heterocycles. The number of aromatic hydroxyl groups is 4. The molecule has 7 N–H and O–H groups in total. The summed E-state index contributed by atoms with van der Waals surface area (Å²) in [5.74, 6) is -2.60. The highest BCUT2D eigenvalue weighted by atomic mass is 16.3. The number of carbonyl (C=O) groups is 2. The van der Waals surface area contributed by atoms with Crippen molar-refractivity contribution in [3.8, 4) is 23.0 Å². The van der Waals surface area contributed by atoms with Crippen molar-refractivity contribution in [2.45, 2.75) is 12.5 Å². The van der Waals surface area contributed by atoms with Gasteiger partial charge in [-0.15, -0.1) is 0 Å². The third-order valence-corrected chi connectivity index (χ3v) is 3.57. The number of hydrogen-bond acceptors (Lipinski definition) is 6. The minimum atomic E-state index is -1.02. The van der Waals surface area contributed by atoms with Crippen LogP contribution in [0.1, 0.15) is 11.1 Å². The maximum absolute atomic E-state index is 12.0. The Labute approximate surface area is 148 Å². The molecule has 8 heteroatoms. The van der Waals surface area contributed by atoms with Crippen molar-refractivity contribution in [1.82, 2.24) is 5.32 Å². The second kappa shape index (κ2) is 7.93. The number of amides is 2. The van der Waals surface area contributed by atoms with Gasteiger partial charge in [-0.05, 0) is 41.5 Å². The zero-order valence-corrected chi connectivity index (χ0v) is 13.6. The topological polar surface area (TPSA) is 153 Å². The van der Waals surface area contributed by atoms with Crippen molar-refractivity contribution < 1.29 is 30.0 Å². The van der Waals surface area contributed by atoms with E-state index < -0.39 is 17.9 Å². The first-order chi connectivity index (χ1) is 12.3. The molecule has 0 aliphatic heterocycles. The average Bonchev–Trinajstić information content (AvgIpc) is 2.58. The predicted octanol–water partition coefficient (Wildman–Crippen LogP) is 0.735. The number of phenolic OH excluding ortho intramolecular Hbond substituents is 4. The van der Waals surface area contributed by atoms with E-state index in [4.69, 9.17) is 5.73 Å². The Bertz CT molecular complexity index is 863. The van der Waals surface area contributed by atoms with Crippen LogP contribution in [0, 0.1) is 0 Å². The molecule has 0 fully saturated rings. The molecule has 2 aromatic carbocycles. The highest BCUT2D eigenvalue weighted by molar-refractivity contribution is 5.95. The molecule has 0 unspecified atom stereocenters. The van der Waals surface area contributed by atoms with E-state index in [9.17, 15) is 30.0 Å². The van der Waals surface area contributed by atoms with Gasteiger partial charge in [0, 0.05) is 12.5 Å². The fraction of sp³-hybridized carbons (Fsp3) is 0.111. The van der Waals surface area contributed by atoms with Gasteiger partial charge in [0.1, 0.15) is 6.04 Å². The Kier molecular flexibility index (Phi) is 5.69. The van der Waals surface area contributed by atoms with Crippen LogP contribution >= 0.6 is 0 Å². The average molecular weight is 358 g/mol. The third-order valence-electron chi connectivity index (χ3n) is 3.57. The summed E-state index contributed by atoms with van der Waals surface area (Å²) in [6.45, 7) is 0. The summed E-state index contributed by atoms with van der Waals surface area (Å²) < 4.78 is 0. The summed E-state index contributed by atoms with van der Waals surface area (Å²) in [5.41, 5.74) is 6.26. The van der Waals surface area contributed by atoms with Crippen LogP contribution in [0.2, 0.25) is 0 Å². The summed E-state index contributed by atoms with van der Waals surface area (Å²) in [7, 11) is 0. The lowest BCUT2D eigenvalue weighted by molar-refractivity contribution is -0.124. The van der Waals surface area contributed by atoms with Crippen LogP contribution in [0.4, 0.5) is 0 Å². The zero-order valence-electron chi connectivity index (χ0n) is 13.6. The summed E-state index contributed by atoms with van der Waals surface area (Å²) in [6.07, 6.45) is 2.57. The van der Waals surface area contributed by atoms with E-state index in [0.717, 1.165) is 6.08 Å². The van der Waals surface area contributed by atoms with E-state index in [0.29, 0.717) is 11.1 Å². The van der Waals surface area contributed by atoms with Crippen molar-refractivity contribution in [3.05, 3.63) is 53.6 Å². The molecule has 0 saturated heterocycles. The Hall–Kier alpha value is -3.68. The molecule has 0 saturated carbocycles. The number of rotatable bonds is 6. The van der Waals surface area contributed by atoms with Crippen LogP contribution in [0.25, 0.3) is 6.08 Å². The molecule has 2 rings (SSSR count). The number of nitrogens with two attached hydrogens (primary N) is 1. The largest absolute Gasteiger partial charge is 0.504 e. The Morgan fingerprint density at radius 1 is 0.962 bits per heavy atom. The molecule has 0 spiro atoms. The number of carbonyl (C=O) groups excluding carboxylic acids is 2. The number of hydrogen-bond donors (Lipinski definition) is 6. The lowest BCUT2D eigenvalue weighted by Gasteiger charge is -2.14. The third kappa shape index (κ3) is 4.91. The normalized spacial score (nSPS) is 12.0. The predicted molar refractivity (Wildman–Crippen MR) is 93.4 cm³/mol. The van der Waals surface area contributed by atoms with Gasteiger partial charge in [-0.2, -0.15) is 0 Å². The second-order valence-corrected chi connectivity index (χ2v) is 5.57. The maximum Gasteiger partial charge on any atom is 0.244 e. The number of nitrogens with one attached hydrogen (secondary N) is 1. The lowest BCUT2D eigenvalue weighted by Crippen LogP contribution is -2.45. The molecular weight excluding hydrogens is 340 g/mol. The van der Waals surface area contributed by atoms with Crippen molar-refractivity contribution in [2.24, 2.45) is 5.73 Å². The highest BCUT2D eigenvalue weighted by Gasteiger charge is 2.18. The van der Waals surface area contributed by atoms with Crippen molar-refractivity contribution >= 4 is 17.9 Å². The summed E-state index contributed by atoms with van der Waals surface area (Å²) in [5, 5.41) is 39.9. The first-order valence-corrected chi connectivity index (χ1v) is 7.57. The molecule has 8 nitrogen and oxygen atoms in total. The fourth-order valence-corrected chi connectivity index (χ4v) is 2.19. The zero-order chi connectivity index (χ0) is 19.3. The molecule has 0 aliphatic carbocycles. The second-order valence-electron chi connectivity index (χ2n) is 5.57. The number of benzene rings is 2. The minimum Gasteiger partial charge on any atom is -0.504 e. The number of phenols is 4. The Balaban J connectivity index is 2.05. The van der Waals surface area contributed by atoms with Gasteiger partial charge in [-0.25, -0.2) is 0 Å². The molecule has 1 atom stereocenters. The van der Waals surface area contributed by atoms with Crippen LogP contribution < -0.4 is 11.1 Å². The first kappa shape index (κ1) is 18.7. The van der Waals surface area contributed by atoms with Crippen molar-refractivity contribution in [2.75, 3.05) is 0 Å². The van der Waals surface area contributed by atoms with E-state index in [1.165, 1.54) is 42.5 Å². The smallest absolute Gasteiger partial charge is 0.244 e. The molecule has 136 valence electrons. The molecule has 26 heavy (non-hydrogen) atoms. The maximum atomic E-state index is 12.0. The summed E-state index contributed by atoms with van der Waals surface area (Å²) in [6, 6.07) is 7.04. The van der Waals surface area contributed by atoms with Gasteiger partial charge in [0.2, 0.25) is 11.8 Å².